The molecule has 7 nitrogen and oxygen atoms in total. The predicted octanol–water partition coefficient (Wildman–Crippen LogP) is 1.16. The molecule has 1 amide bonds. The van der Waals surface area contributed by atoms with Crippen LogP contribution < -0.4 is 5.32 Å². The molecule has 2 heterocycles. The van der Waals surface area contributed by atoms with Crippen LogP contribution in [0, 0.1) is 0 Å². The third kappa shape index (κ3) is 3.07. The smallest absolute Gasteiger partial charge is 0.246 e. The average Bonchev–Trinajstić information content (AvgIpc) is 3.13. The van der Waals surface area contributed by atoms with E-state index >= 15 is 0 Å². The Kier molecular flexibility index (Phi) is 4.68. The van der Waals surface area contributed by atoms with Gasteiger partial charge in [0.15, 0.2) is 0 Å². The van der Waals surface area contributed by atoms with E-state index in [4.69, 9.17) is 0 Å². The van der Waals surface area contributed by atoms with Crippen molar-refractivity contribution in [2.24, 2.45) is 0 Å². The normalized spacial score (nSPS) is 19.1. The molecule has 24 heavy (non-hydrogen) atoms. The molecule has 8 heteroatoms. The Balaban J connectivity index is 1.92. The molecule has 3 rings (SSSR count). The second kappa shape index (κ2) is 6.74. The fourth-order valence-electron chi connectivity index (χ4n) is 2.92. The Morgan fingerprint density at radius 1 is 1.25 bits per heavy atom. The lowest BCUT2D eigenvalue weighted by atomic mass is 10.0. The van der Waals surface area contributed by atoms with Crippen molar-refractivity contribution in [2.45, 2.75) is 30.2 Å². The molecule has 1 atom stereocenters. The van der Waals surface area contributed by atoms with Crippen molar-refractivity contribution >= 4 is 15.9 Å². The Bertz CT molecular complexity index is 817. The number of sulfonamides is 1. The molecule has 0 unspecified atom stereocenters. The number of nitrogens with one attached hydrogen (secondary N) is 1. The van der Waals surface area contributed by atoms with Crippen LogP contribution in [-0.2, 0) is 14.8 Å². The molecule has 128 valence electrons. The number of carbonyl (C=O) groups excluding carboxylic acids is 1. The van der Waals surface area contributed by atoms with Crippen LogP contribution in [0.2, 0.25) is 0 Å². The summed E-state index contributed by atoms with van der Waals surface area (Å²) in [6, 6.07) is 8.63. The average molecular weight is 348 g/mol. The van der Waals surface area contributed by atoms with Gasteiger partial charge in [0.2, 0.25) is 15.9 Å². The molecule has 0 radical (unpaired) electrons. The summed E-state index contributed by atoms with van der Waals surface area (Å²) in [4.78, 5) is 12.1. The fourth-order valence-corrected chi connectivity index (χ4v) is 4.51. The molecule has 0 saturated carbocycles. The summed E-state index contributed by atoms with van der Waals surface area (Å²) in [5, 5.41) is 6.70. The standard InChI is InChI=1S/C16H20N4O3S/c1-17-16(21)15-9-5-6-10-20(15)24(22,23)14-11-18-19(12-14)13-7-3-2-4-8-13/h2-4,7-8,11-12,15H,5-6,9-10H2,1H3,(H,17,21)/t15-/m1/s1. The maximum atomic E-state index is 13.0. The quantitative estimate of drug-likeness (QED) is 0.899. The van der Waals surface area contributed by atoms with E-state index in [-0.39, 0.29) is 10.8 Å². The van der Waals surface area contributed by atoms with Gasteiger partial charge in [-0.25, -0.2) is 13.1 Å². The van der Waals surface area contributed by atoms with Crippen molar-refractivity contribution in [3.63, 3.8) is 0 Å². The third-order valence-electron chi connectivity index (χ3n) is 4.19. The summed E-state index contributed by atoms with van der Waals surface area (Å²) in [6.07, 6.45) is 4.94. The van der Waals surface area contributed by atoms with Gasteiger partial charge < -0.3 is 5.32 Å². The number of carbonyl (C=O) groups is 1. The molecule has 1 N–H and O–H groups in total. The van der Waals surface area contributed by atoms with Gasteiger partial charge >= 0.3 is 0 Å². The molecule has 1 aromatic heterocycles. The first kappa shape index (κ1) is 16.7. The summed E-state index contributed by atoms with van der Waals surface area (Å²) in [7, 11) is -2.24. The summed E-state index contributed by atoms with van der Waals surface area (Å²) in [5.74, 6) is -0.270. The number of benzene rings is 1. The van der Waals surface area contributed by atoms with Crippen LogP contribution in [0.15, 0.2) is 47.6 Å². The molecule has 0 spiro atoms. The zero-order valence-corrected chi connectivity index (χ0v) is 14.2. The predicted molar refractivity (Wildman–Crippen MR) is 89.2 cm³/mol. The van der Waals surface area contributed by atoms with E-state index in [9.17, 15) is 13.2 Å². The molecule has 1 aliphatic heterocycles. The highest BCUT2D eigenvalue weighted by atomic mass is 32.2. The van der Waals surface area contributed by atoms with Gasteiger partial charge in [-0.05, 0) is 25.0 Å². The zero-order chi connectivity index (χ0) is 17.2. The first-order valence-electron chi connectivity index (χ1n) is 7.87. The molecular weight excluding hydrogens is 328 g/mol. The van der Waals surface area contributed by atoms with Crippen LogP contribution in [0.3, 0.4) is 0 Å². The van der Waals surface area contributed by atoms with Gasteiger partial charge in [-0.2, -0.15) is 9.40 Å². The number of para-hydroxylation sites is 1. The Morgan fingerprint density at radius 3 is 2.71 bits per heavy atom. The number of nitrogens with zero attached hydrogens (tertiary/aromatic N) is 3. The molecular formula is C16H20N4O3S. The maximum absolute atomic E-state index is 13.0. The van der Waals surface area contributed by atoms with Gasteiger partial charge in [0.05, 0.1) is 18.1 Å². The van der Waals surface area contributed by atoms with Gasteiger partial charge in [-0.1, -0.05) is 24.6 Å². The van der Waals surface area contributed by atoms with Crippen LogP contribution in [0.4, 0.5) is 0 Å². The number of aromatic nitrogens is 2. The lowest BCUT2D eigenvalue weighted by Gasteiger charge is -2.32. The number of hydrogen-bond acceptors (Lipinski definition) is 4. The second-order valence-corrected chi connectivity index (χ2v) is 7.59. The molecule has 1 aromatic carbocycles. The minimum Gasteiger partial charge on any atom is -0.358 e. The van der Waals surface area contributed by atoms with Crippen molar-refractivity contribution in [1.82, 2.24) is 19.4 Å². The van der Waals surface area contributed by atoms with Gasteiger partial charge in [-0.15, -0.1) is 0 Å². The maximum Gasteiger partial charge on any atom is 0.246 e. The van der Waals surface area contributed by atoms with E-state index in [1.807, 2.05) is 30.3 Å². The van der Waals surface area contributed by atoms with Gasteiger partial charge in [-0.3, -0.25) is 4.79 Å². The molecule has 1 saturated heterocycles. The van der Waals surface area contributed by atoms with Crippen LogP contribution in [0.1, 0.15) is 19.3 Å². The molecule has 2 aromatic rings. The van der Waals surface area contributed by atoms with Crippen LogP contribution in [-0.4, -0.2) is 48.0 Å². The Labute approximate surface area is 141 Å². The second-order valence-electron chi connectivity index (χ2n) is 5.70. The summed E-state index contributed by atoms with van der Waals surface area (Å²) in [5.41, 5.74) is 0.778. The summed E-state index contributed by atoms with van der Waals surface area (Å²) >= 11 is 0. The molecule has 1 aliphatic rings. The molecule has 1 fully saturated rings. The summed E-state index contributed by atoms with van der Waals surface area (Å²) < 4.78 is 28.7. The SMILES string of the molecule is CNC(=O)[C@H]1CCCCN1S(=O)(=O)c1cnn(-c2ccccc2)c1. The summed E-state index contributed by atoms with van der Waals surface area (Å²) in [6.45, 7) is 0.344. The number of hydrogen-bond donors (Lipinski definition) is 1. The van der Waals surface area contributed by atoms with Gasteiger partial charge in [0.25, 0.3) is 0 Å². The first-order chi connectivity index (χ1) is 11.5. The zero-order valence-electron chi connectivity index (χ0n) is 13.4. The van der Waals surface area contributed by atoms with Crippen molar-refractivity contribution in [3.8, 4) is 5.69 Å². The van der Waals surface area contributed by atoms with E-state index in [1.54, 1.807) is 0 Å². The lowest BCUT2D eigenvalue weighted by molar-refractivity contribution is -0.125. The lowest BCUT2D eigenvalue weighted by Crippen LogP contribution is -2.51. The largest absolute Gasteiger partial charge is 0.358 e. The van der Waals surface area contributed by atoms with E-state index in [0.29, 0.717) is 13.0 Å². The number of rotatable bonds is 4. The Morgan fingerprint density at radius 2 is 2.00 bits per heavy atom. The van der Waals surface area contributed by atoms with Crippen molar-refractivity contribution in [1.29, 1.82) is 0 Å². The number of amides is 1. The number of likely N-dealkylation sites (N-methyl/N-ethyl adjacent to an activating group) is 1. The highest BCUT2D eigenvalue weighted by Gasteiger charge is 2.37. The highest BCUT2D eigenvalue weighted by molar-refractivity contribution is 7.89. The van der Waals surface area contributed by atoms with Crippen LogP contribution >= 0.6 is 0 Å². The van der Waals surface area contributed by atoms with Crippen molar-refractivity contribution in [2.75, 3.05) is 13.6 Å². The minimum atomic E-state index is -3.76. The van der Waals surface area contributed by atoms with Crippen molar-refractivity contribution < 1.29 is 13.2 Å². The first-order valence-corrected chi connectivity index (χ1v) is 9.31. The van der Waals surface area contributed by atoms with E-state index in [1.165, 1.54) is 28.4 Å². The molecule has 0 aliphatic carbocycles. The van der Waals surface area contributed by atoms with Crippen LogP contribution in [0.25, 0.3) is 5.69 Å². The third-order valence-corrected chi connectivity index (χ3v) is 6.05. The fraction of sp³-hybridized carbons (Fsp3) is 0.375. The van der Waals surface area contributed by atoms with Crippen molar-refractivity contribution in [3.05, 3.63) is 42.7 Å². The van der Waals surface area contributed by atoms with Gasteiger partial charge in [0.1, 0.15) is 10.9 Å². The topological polar surface area (TPSA) is 84.3 Å². The van der Waals surface area contributed by atoms with Crippen LogP contribution in [0.5, 0.6) is 0 Å². The Hall–Kier alpha value is -2.19. The highest BCUT2D eigenvalue weighted by Crippen LogP contribution is 2.25. The van der Waals surface area contributed by atoms with E-state index in [2.05, 4.69) is 10.4 Å². The van der Waals surface area contributed by atoms with E-state index in [0.717, 1.165) is 18.5 Å². The number of piperidine rings is 1. The minimum absolute atomic E-state index is 0.0992. The van der Waals surface area contributed by atoms with E-state index < -0.39 is 16.1 Å². The monoisotopic (exact) mass is 348 g/mol. The van der Waals surface area contributed by atoms with Gasteiger partial charge in [0, 0.05) is 13.6 Å². The molecule has 0 bridgehead atoms.